The highest BCUT2D eigenvalue weighted by Gasteiger charge is 2.58. The van der Waals surface area contributed by atoms with E-state index >= 15 is 4.39 Å². The second kappa shape index (κ2) is 12.7. The molecule has 0 saturated carbocycles. The van der Waals surface area contributed by atoms with Gasteiger partial charge in [-0.15, -0.1) is 12.4 Å². The van der Waals surface area contributed by atoms with Crippen LogP contribution in [-0.2, 0) is 26.4 Å². The van der Waals surface area contributed by atoms with Crippen molar-refractivity contribution in [3.05, 3.63) is 71.8 Å². The first-order valence-corrected chi connectivity index (χ1v) is 16.6. The highest BCUT2D eigenvalue weighted by molar-refractivity contribution is 7.92. The average molecular weight is 709 g/mol. The third-order valence-electron chi connectivity index (χ3n) is 8.32. The summed E-state index contributed by atoms with van der Waals surface area (Å²) in [5.41, 5.74) is 0.611. The molecule has 4 heterocycles. The fourth-order valence-corrected chi connectivity index (χ4v) is 6.69. The molecule has 16 heteroatoms. The maximum atomic E-state index is 15.7. The van der Waals surface area contributed by atoms with Gasteiger partial charge in [0.1, 0.15) is 23.5 Å². The van der Waals surface area contributed by atoms with Gasteiger partial charge in [0.15, 0.2) is 0 Å². The van der Waals surface area contributed by atoms with Gasteiger partial charge in [-0.25, -0.2) is 17.8 Å². The van der Waals surface area contributed by atoms with Crippen LogP contribution >= 0.6 is 12.4 Å². The third kappa shape index (κ3) is 6.45. The van der Waals surface area contributed by atoms with Crippen LogP contribution in [-0.4, -0.2) is 69.9 Å². The highest BCUT2D eigenvalue weighted by Crippen LogP contribution is 2.51. The molecule has 0 radical (unpaired) electrons. The number of pyridine rings is 2. The molecule has 2 N–H and O–H groups in total. The predicted octanol–water partition coefficient (Wildman–Crippen LogP) is 5.36. The summed E-state index contributed by atoms with van der Waals surface area (Å²) in [4.78, 5) is 25.7. The Morgan fingerprint density at radius 2 is 1.75 bits per heavy atom. The summed E-state index contributed by atoms with van der Waals surface area (Å²) in [6, 6.07) is 9.23. The summed E-state index contributed by atoms with van der Waals surface area (Å²) in [5, 5.41) is 3.70. The number of halogens is 5. The zero-order valence-corrected chi connectivity index (χ0v) is 28.0. The van der Waals surface area contributed by atoms with E-state index in [4.69, 9.17) is 4.74 Å². The molecule has 10 nitrogen and oxygen atoms in total. The molecule has 4 aromatic rings. The number of rotatable bonds is 9. The summed E-state index contributed by atoms with van der Waals surface area (Å²) >= 11 is 0. The van der Waals surface area contributed by atoms with Crippen LogP contribution in [0.4, 0.5) is 34.6 Å². The number of anilines is 3. The molecule has 1 amide bonds. The third-order valence-corrected chi connectivity index (χ3v) is 8.91. The normalized spacial score (nSPS) is 15.5. The lowest BCUT2D eigenvalue weighted by molar-refractivity contribution is -0.137. The number of carbonyl (C=O) groups excluding carboxylic acids is 1. The van der Waals surface area contributed by atoms with E-state index < -0.39 is 33.0 Å². The highest BCUT2D eigenvalue weighted by atomic mass is 35.5. The van der Waals surface area contributed by atoms with Gasteiger partial charge in [0.05, 0.1) is 29.2 Å². The Balaban J connectivity index is 0.00000451. The van der Waals surface area contributed by atoms with Crippen LogP contribution in [0.2, 0.25) is 0 Å². The molecular weight excluding hydrogens is 676 g/mol. The number of amides is 1. The zero-order valence-electron chi connectivity index (χ0n) is 26.4. The summed E-state index contributed by atoms with van der Waals surface area (Å²) in [7, 11) is -2.13. The number of fused-ring (bicyclic) bond motifs is 4. The molecule has 1 spiro atoms. The standard InChI is InChI=1S/C32H32F4N6O4S.ClH/c1-18(2)37-9-10-46-29-26(40-47(4,44)45)11-19(14-39-29)22-12-23-25(13-24(22)33)38-15-27-28(23)31(30(43)41(27)3)16-42(17-31)21-7-5-20(6-8-21)32(34,35)36;/h5-8,11-15,18,37,40H,9-10,16-17H2,1-4H3;1H. The van der Waals surface area contributed by atoms with Gasteiger partial charge in [0, 0.05) is 72.8 Å². The molecule has 2 aromatic heterocycles. The van der Waals surface area contributed by atoms with Crippen molar-refractivity contribution in [2.24, 2.45) is 0 Å². The number of aromatic nitrogens is 2. The van der Waals surface area contributed by atoms with Gasteiger partial charge >= 0.3 is 6.18 Å². The molecular formula is C32H33ClF4N6O4S. The first-order valence-electron chi connectivity index (χ1n) is 14.7. The van der Waals surface area contributed by atoms with E-state index in [1.165, 1.54) is 41.6 Å². The topological polar surface area (TPSA) is 117 Å². The van der Waals surface area contributed by atoms with Gasteiger partial charge < -0.3 is 19.9 Å². The smallest absolute Gasteiger partial charge is 0.416 e. The van der Waals surface area contributed by atoms with Crippen molar-refractivity contribution in [2.45, 2.75) is 31.5 Å². The number of ether oxygens (including phenoxy) is 1. The van der Waals surface area contributed by atoms with Crippen molar-refractivity contribution < 1.29 is 35.5 Å². The van der Waals surface area contributed by atoms with E-state index in [2.05, 4.69) is 20.0 Å². The lowest BCUT2D eigenvalue weighted by Gasteiger charge is -2.48. The lowest BCUT2D eigenvalue weighted by atomic mass is 9.73. The molecule has 0 bridgehead atoms. The number of carbonyl (C=O) groups is 1. The Kier molecular flexibility index (Phi) is 9.27. The molecule has 256 valence electrons. The SMILES string of the molecule is CC(C)NCCOc1ncc(-c2cc3c4c(cnc3cc2F)N(C)C(=O)C42CN(c3ccc(C(F)(F)F)cc3)C2)cc1NS(C)(=O)=O.Cl. The number of hydrogen-bond acceptors (Lipinski definition) is 8. The Morgan fingerprint density at radius 1 is 1.06 bits per heavy atom. The quantitative estimate of drug-likeness (QED) is 0.177. The van der Waals surface area contributed by atoms with Crippen LogP contribution in [0.5, 0.6) is 5.88 Å². The van der Waals surface area contributed by atoms with Crippen LogP contribution in [0, 0.1) is 5.82 Å². The van der Waals surface area contributed by atoms with Gasteiger partial charge in [-0.3, -0.25) is 14.5 Å². The molecule has 1 fully saturated rings. The van der Waals surface area contributed by atoms with E-state index in [9.17, 15) is 26.4 Å². The van der Waals surface area contributed by atoms with Crippen LogP contribution in [0.25, 0.3) is 22.0 Å². The number of sulfonamides is 1. The second-order valence-corrected chi connectivity index (χ2v) is 13.9. The predicted molar refractivity (Wildman–Crippen MR) is 178 cm³/mol. The minimum Gasteiger partial charge on any atom is -0.475 e. The summed E-state index contributed by atoms with van der Waals surface area (Å²) < 4.78 is 87.5. The van der Waals surface area contributed by atoms with E-state index in [1.54, 1.807) is 13.1 Å². The van der Waals surface area contributed by atoms with E-state index in [1.807, 2.05) is 18.7 Å². The summed E-state index contributed by atoms with van der Waals surface area (Å²) in [6.45, 7) is 5.04. The average Bonchev–Trinajstić information content (AvgIpc) is 3.20. The van der Waals surface area contributed by atoms with Crippen molar-refractivity contribution in [1.29, 1.82) is 0 Å². The van der Waals surface area contributed by atoms with E-state index in [-0.39, 0.29) is 66.7 Å². The molecule has 2 aliphatic heterocycles. The monoisotopic (exact) mass is 708 g/mol. The number of nitrogens with zero attached hydrogens (tertiary/aromatic N) is 4. The molecule has 2 aromatic carbocycles. The number of nitrogens with one attached hydrogen (secondary N) is 2. The van der Waals surface area contributed by atoms with Gasteiger partial charge in [0.2, 0.25) is 21.8 Å². The van der Waals surface area contributed by atoms with Crippen molar-refractivity contribution in [3.63, 3.8) is 0 Å². The van der Waals surface area contributed by atoms with E-state index in [0.29, 0.717) is 34.4 Å². The minimum absolute atomic E-state index is 0. The number of likely N-dealkylation sites (N-methyl/N-ethyl adjacent to an activating group) is 1. The van der Waals surface area contributed by atoms with Crippen LogP contribution in [0.1, 0.15) is 25.0 Å². The first-order chi connectivity index (χ1) is 22.1. The van der Waals surface area contributed by atoms with Crippen LogP contribution < -0.4 is 24.6 Å². The number of hydrogen-bond donors (Lipinski definition) is 2. The fraction of sp³-hybridized carbons (Fsp3) is 0.344. The first kappa shape index (κ1) is 35.1. The Labute approximate surface area is 281 Å². The summed E-state index contributed by atoms with van der Waals surface area (Å²) in [5.74, 6) is -0.818. The lowest BCUT2D eigenvalue weighted by Crippen LogP contribution is -2.64. The molecule has 1 saturated heterocycles. The van der Waals surface area contributed by atoms with Crippen molar-refractivity contribution in [1.82, 2.24) is 15.3 Å². The number of alkyl halides is 3. The molecule has 0 aliphatic carbocycles. The maximum absolute atomic E-state index is 15.7. The number of benzene rings is 2. The fourth-order valence-electron chi connectivity index (χ4n) is 6.14. The van der Waals surface area contributed by atoms with Crippen molar-refractivity contribution in [2.75, 3.05) is 54.1 Å². The maximum Gasteiger partial charge on any atom is 0.416 e. The van der Waals surface area contributed by atoms with Gasteiger partial charge in [0.25, 0.3) is 0 Å². The Bertz CT molecular complexity index is 1990. The molecule has 0 unspecified atom stereocenters. The van der Waals surface area contributed by atoms with E-state index in [0.717, 1.165) is 18.4 Å². The molecule has 6 rings (SSSR count). The van der Waals surface area contributed by atoms with Gasteiger partial charge in [-0.2, -0.15) is 13.2 Å². The van der Waals surface area contributed by atoms with Gasteiger partial charge in [-0.1, -0.05) is 13.8 Å². The Hall–Kier alpha value is -4.21. The van der Waals surface area contributed by atoms with Crippen molar-refractivity contribution in [3.8, 4) is 17.0 Å². The largest absolute Gasteiger partial charge is 0.475 e. The van der Waals surface area contributed by atoms with Crippen LogP contribution in [0.15, 0.2) is 54.9 Å². The molecule has 0 atom stereocenters. The molecule has 48 heavy (non-hydrogen) atoms. The molecule has 2 aliphatic rings. The minimum atomic E-state index is -4.47. The van der Waals surface area contributed by atoms with Crippen molar-refractivity contribution >= 4 is 56.3 Å². The second-order valence-electron chi connectivity index (χ2n) is 12.1. The zero-order chi connectivity index (χ0) is 33.9. The summed E-state index contributed by atoms with van der Waals surface area (Å²) in [6.07, 6.45) is -0.594. The van der Waals surface area contributed by atoms with Crippen LogP contribution in [0.3, 0.4) is 0 Å². The van der Waals surface area contributed by atoms with Gasteiger partial charge in [-0.05, 0) is 36.4 Å². The Morgan fingerprint density at radius 3 is 2.38 bits per heavy atom.